The summed E-state index contributed by atoms with van der Waals surface area (Å²) in [4.78, 5) is 28.4. The van der Waals surface area contributed by atoms with Crippen LogP contribution in [0.1, 0.15) is 0 Å². The van der Waals surface area contributed by atoms with E-state index >= 15 is 4.39 Å². The average Bonchev–Trinajstić information content (AvgIpc) is 3.37. The van der Waals surface area contributed by atoms with E-state index in [9.17, 15) is 4.79 Å². The summed E-state index contributed by atoms with van der Waals surface area (Å²) < 4.78 is 20.3. The molecule has 1 aliphatic rings. The number of H-pyrrole nitrogens is 1. The molecule has 38 heavy (non-hydrogen) atoms. The molecule has 10 heteroatoms. The number of carbonyl (C=O) groups excluding carboxylic acids is 1. The van der Waals surface area contributed by atoms with Crippen molar-refractivity contribution in [3.05, 3.63) is 73.3 Å². The number of amides is 1. The van der Waals surface area contributed by atoms with Crippen LogP contribution in [-0.2, 0) is 9.53 Å². The molecule has 9 nitrogen and oxygen atoms in total. The number of nitrogens with zero attached hydrogens (tertiary/aromatic N) is 4. The number of halogens is 1. The second-order valence-electron chi connectivity index (χ2n) is 9.04. The fourth-order valence-electron chi connectivity index (χ4n) is 4.52. The average molecular weight is 516 g/mol. The highest BCUT2D eigenvalue weighted by atomic mass is 19.1. The number of carbonyl (C=O) groups is 1. The summed E-state index contributed by atoms with van der Waals surface area (Å²) >= 11 is 0. The molecule has 0 saturated carbocycles. The number of piperazine rings is 1. The number of fused-ring (bicyclic) bond motifs is 1. The highest BCUT2D eigenvalue weighted by Gasteiger charge is 2.18. The Hall–Kier alpha value is -4.28. The number of nitrogens with one attached hydrogen (secondary N) is 3. The zero-order chi connectivity index (χ0) is 26.5. The molecular formula is C28H30FN7O2. The molecule has 196 valence electrons. The number of methoxy groups -OCH3 is 1. The Labute approximate surface area is 220 Å². The second kappa shape index (κ2) is 11.4. The van der Waals surface area contributed by atoms with Crippen molar-refractivity contribution in [2.45, 2.75) is 0 Å². The minimum Gasteiger partial charge on any atom is -0.383 e. The number of benzene rings is 2. The van der Waals surface area contributed by atoms with E-state index in [1.54, 1.807) is 31.5 Å². The van der Waals surface area contributed by atoms with Gasteiger partial charge in [0.1, 0.15) is 11.3 Å². The van der Waals surface area contributed by atoms with Crippen LogP contribution in [0.4, 0.5) is 27.4 Å². The van der Waals surface area contributed by atoms with Crippen molar-refractivity contribution in [3.8, 4) is 11.1 Å². The van der Waals surface area contributed by atoms with Crippen molar-refractivity contribution in [1.29, 1.82) is 0 Å². The Morgan fingerprint density at radius 1 is 1.21 bits per heavy atom. The van der Waals surface area contributed by atoms with Crippen LogP contribution in [0.15, 0.2) is 67.5 Å². The van der Waals surface area contributed by atoms with Gasteiger partial charge in [0.15, 0.2) is 0 Å². The Morgan fingerprint density at radius 2 is 2.05 bits per heavy atom. The van der Waals surface area contributed by atoms with Crippen molar-refractivity contribution in [2.75, 3.05) is 62.0 Å². The summed E-state index contributed by atoms with van der Waals surface area (Å²) in [5, 5.41) is 5.78. The van der Waals surface area contributed by atoms with E-state index < -0.39 is 0 Å². The lowest BCUT2D eigenvalue weighted by Gasteiger charge is -2.36. The number of hydrogen-bond donors (Lipinski definition) is 3. The van der Waals surface area contributed by atoms with Gasteiger partial charge in [-0.3, -0.25) is 9.69 Å². The predicted octanol–water partition coefficient (Wildman–Crippen LogP) is 4.40. The Morgan fingerprint density at radius 3 is 2.82 bits per heavy atom. The third-order valence-corrected chi connectivity index (χ3v) is 6.59. The van der Waals surface area contributed by atoms with Gasteiger partial charge in [-0.1, -0.05) is 18.7 Å². The first-order valence-electron chi connectivity index (χ1n) is 12.4. The number of anilines is 4. The van der Waals surface area contributed by atoms with Gasteiger partial charge in [-0.15, -0.1) is 0 Å². The monoisotopic (exact) mass is 515 g/mol. The lowest BCUT2D eigenvalue weighted by atomic mass is 10.1. The summed E-state index contributed by atoms with van der Waals surface area (Å²) in [7, 11) is 1.71. The van der Waals surface area contributed by atoms with Crippen LogP contribution in [-0.4, -0.2) is 72.2 Å². The predicted molar refractivity (Wildman–Crippen MR) is 148 cm³/mol. The molecule has 2 aromatic heterocycles. The van der Waals surface area contributed by atoms with Crippen molar-refractivity contribution >= 4 is 40.0 Å². The SMILES string of the molecule is C=CC(=O)Nc1cccc(-c2c[nH]c3cnc(Nc4ccc(N5CCN(CCOC)CC5)cc4F)nc23)c1. The fourth-order valence-corrected chi connectivity index (χ4v) is 4.52. The second-order valence-corrected chi connectivity index (χ2v) is 9.04. The highest BCUT2D eigenvalue weighted by molar-refractivity contribution is 6.00. The highest BCUT2D eigenvalue weighted by Crippen LogP contribution is 2.30. The van der Waals surface area contributed by atoms with Crippen LogP contribution in [0.25, 0.3) is 22.2 Å². The molecule has 1 saturated heterocycles. The molecule has 0 bridgehead atoms. The summed E-state index contributed by atoms with van der Waals surface area (Å²) in [5.74, 6) is -0.367. The van der Waals surface area contributed by atoms with Crippen LogP contribution in [0, 0.1) is 5.82 Å². The fraction of sp³-hybridized carbons (Fsp3) is 0.250. The van der Waals surface area contributed by atoms with Crippen LogP contribution in [0.3, 0.4) is 0 Å². The molecule has 1 amide bonds. The molecule has 0 unspecified atom stereocenters. The van der Waals surface area contributed by atoms with Crippen LogP contribution in [0.5, 0.6) is 0 Å². The van der Waals surface area contributed by atoms with Gasteiger partial charge in [0, 0.05) is 63.0 Å². The molecule has 0 spiro atoms. The van der Waals surface area contributed by atoms with E-state index in [1.807, 2.05) is 30.5 Å². The van der Waals surface area contributed by atoms with Gasteiger partial charge in [0.05, 0.1) is 24.0 Å². The number of aromatic amines is 1. The molecule has 1 fully saturated rings. The summed E-state index contributed by atoms with van der Waals surface area (Å²) in [5.41, 5.74) is 4.92. The topological polar surface area (TPSA) is 98.4 Å². The molecule has 0 atom stereocenters. The molecule has 0 radical (unpaired) electrons. The maximum atomic E-state index is 15.1. The minimum atomic E-state index is -0.368. The number of ether oxygens (including phenoxy) is 1. The first kappa shape index (κ1) is 25.4. The summed E-state index contributed by atoms with van der Waals surface area (Å²) in [6.07, 6.45) is 4.72. The molecule has 2 aromatic carbocycles. The van der Waals surface area contributed by atoms with Crippen molar-refractivity contribution < 1.29 is 13.9 Å². The number of aromatic nitrogens is 3. The van der Waals surface area contributed by atoms with E-state index in [0.29, 0.717) is 23.5 Å². The van der Waals surface area contributed by atoms with Gasteiger partial charge < -0.3 is 25.3 Å². The first-order valence-corrected chi connectivity index (χ1v) is 12.4. The Bertz CT molecular complexity index is 1450. The molecule has 1 aliphatic heterocycles. The van der Waals surface area contributed by atoms with E-state index in [4.69, 9.17) is 4.74 Å². The van der Waals surface area contributed by atoms with E-state index in [0.717, 1.165) is 55.1 Å². The third-order valence-electron chi connectivity index (χ3n) is 6.59. The summed E-state index contributed by atoms with van der Waals surface area (Å²) in [6.45, 7) is 8.62. The van der Waals surface area contributed by atoms with Gasteiger partial charge in [0.25, 0.3) is 0 Å². The molecule has 5 rings (SSSR count). The third kappa shape index (κ3) is 5.66. The van der Waals surface area contributed by atoms with Crippen LogP contribution in [0.2, 0.25) is 0 Å². The normalized spacial score (nSPS) is 14.0. The van der Waals surface area contributed by atoms with Gasteiger partial charge in [0.2, 0.25) is 11.9 Å². The van der Waals surface area contributed by atoms with Crippen molar-refractivity contribution in [2.24, 2.45) is 0 Å². The zero-order valence-electron chi connectivity index (χ0n) is 21.2. The molecule has 0 aliphatic carbocycles. The van der Waals surface area contributed by atoms with E-state index in [1.165, 1.54) is 6.08 Å². The van der Waals surface area contributed by atoms with Crippen molar-refractivity contribution in [3.63, 3.8) is 0 Å². The van der Waals surface area contributed by atoms with Crippen LogP contribution < -0.4 is 15.5 Å². The van der Waals surface area contributed by atoms with E-state index in [-0.39, 0.29) is 17.7 Å². The maximum Gasteiger partial charge on any atom is 0.247 e. The maximum absolute atomic E-state index is 15.1. The zero-order valence-corrected chi connectivity index (χ0v) is 21.2. The molecule has 3 heterocycles. The lowest BCUT2D eigenvalue weighted by Crippen LogP contribution is -2.47. The lowest BCUT2D eigenvalue weighted by molar-refractivity contribution is -0.111. The van der Waals surface area contributed by atoms with Gasteiger partial charge in [-0.2, -0.15) is 0 Å². The largest absolute Gasteiger partial charge is 0.383 e. The van der Waals surface area contributed by atoms with Gasteiger partial charge >= 0.3 is 0 Å². The summed E-state index contributed by atoms with van der Waals surface area (Å²) in [6, 6.07) is 12.6. The van der Waals surface area contributed by atoms with E-state index in [2.05, 4.69) is 42.0 Å². The number of rotatable bonds is 9. The van der Waals surface area contributed by atoms with Crippen molar-refractivity contribution in [1.82, 2.24) is 19.9 Å². The van der Waals surface area contributed by atoms with Gasteiger partial charge in [-0.25, -0.2) is 14.4 Å². The minimum absolute atomic E-state index is 0.285. The smallest absolute Gasteiger partial charge is 0.247 e. The first-order chi connectivity index (χ1) is 18.5. The standard InChI is InChI=1S/C28H30FN7O2/c1-3-26(37)32-20-6-4-5-19(15-20)22-17-30-25-18-31-28(34-27(22)25)33-24-8-7-21(16-23(24)29)36-11-9-35(10-12-36)13-14-38-2/h3-8,15-18,30H,1,9-14H2,2H3,(H,32,37)(H,31,33,34). The number of hydrogen-bond acceptors (Lipinski definition) is 7. The Balaban J connectivity index is 1.32. The molecule has 4 aromatic rings. The van der Waals surface area contributed by atoms with Gasteiger partial charge in [-0.05, 0) is 42.0 Å². The molecular weight excluding hydrogens is 485 g/mol. The van der Waals surface area contributed by atoms with Crippen LogP contribution >= 0.6 is 0 Å². The molecule has 3 N–H and O–H groups in total. The quantitative estimate of drug-likeness (QED) is 0.284. The Kier molecular flexibility index (Phi) is 7.62.